The minimum absolute atomic E-state index is 0.0558. The van der Waals surface area contributed by atoms with Gasteiger partial charge in [-0.15, -0.1) is 5.10 Å². The number of tetrazole rings is 1. The van der Waals surface area contributed by atoms with Gasteiger partial charge in [-0.1, -0.05) is 6.07 Å². The van der Waals surface area contributed by atoms with Crippen LogP contribution >= 0.6 is 0 Å². The number of likely N-dealkylation sites (N-methyl/N-ethyl adjacent to an activating group) is 1. The molecule has 0 unspecified atom stereocenters. The van der Waals surface area contributed by atoms with Crippen LogP contribution in [0.3, 0.4) is 0 Å². The third-order valence-corrected chi connectivity index (χ3v) is 8.23. The highest BCUT2D eigenvalue weighted by Crippen LogP contribution is 2.50. The number of benzene rings is 3. The van der Waals surface area contributed by atoms with Gasteiger partial charge in [-0.25, -0.2) is 4.39 Å². The molecule has 1 saturated heterocycles. The van der Waals surface area contributed by atoms with Crippen LogP contribution in [-0.4, -0.2) is 89.6 Å². The fourth-order valence-corrected chi connectivity index (χ4v) is 6.08. The van der Waals surface area contributed by atoms with Crippen LogP contribution in [0.15, 0.2) is 54.6 Å². The predicted molar refractivity (Wildman–Crippen MR) is 151 cm³/mol. The highest BCUT2D eigenvalue weighted by molar-refractivity contribution is 5.95. The zero-order valence-corrected chi connectivity index (χ0v) is 23.4. The Bertz CT molecular complexity index is 1640. The van der Waals surface area contributed by atoms with Crippen LogP contribution < -0.4 is 19.1 Å². The molecule has 11 nitrogen and oxygen atoms in total. The Kier molecular flexibility index (Phi) is 6.62. The Morgan fingerprint density at radius 3 is 2.60 bits per heavy atom. The first-order chi connectivity index (χ1) is 20.5. The Hall–Kier alpha value is -4.71. The SMILES string of the molecule is COc1c2c(cc3c1[C@@H](c1nnnn1-c1cccc(C(=O)N4CCN(c5ccc(F)cc5)CC4)c1)N(C)CC3)OCO2. The van der Waals surface area contributed by atoms with Crippen molar-refractivity contribution in [3.63, 3.8) is 0 Å². The number of piperazine rings is 1. The summed E-state index contributed by atoms with van der Waals surface area (Å²) in [6, 6.07) is 15.5. The van der Waals surface area contributed by atoms with Gasteiger partial charge in [-0.05, 0) is 78.0 Å². The van der Waals surface area contributed by atoms with Crippen LogP contribution in [0.1, 0.15) is 33.4 Å². The third-order valence-electron chi connectivity index (χ3n) is 8.23. The van der Waals surface area contributed by atoms with Crippen LogP contribution in [0.5, 0.6) is 17.2 Å². The van der Waals surface area contributed by atoms with E-state index in [4.69, 9.17) is 14.2 Å². The first-order valence-corrected chi connectivity index (χ1v) is 13.9. The predicted octanol–water partition coefficient (Wildman–Crippen LogP) is 3.08. The number of ether oxygens (including phenoxy) is 3. The average molecular weight is 572 g/mol. The van der Waals surface area contributed by atoms with E-state index in [9.17, 15) is 9.18 Å². The molecule has 7 rings (SSSR count). The van der Waals surface area contributed by atoms with Crippen molar-refractivity contribution < 1.29 is 23.4 Å². The highest BCUT2D eigenvalue weighted by Gasteiger charge is 2.38. The topological polar surface area (TPSA) is 98.1 Å². The maximum Gasteiger partial charge on any atom is 0.254 e. The molecule has 3 aliphatic heterocycles. The average Bonchev–Trinajstić information content (AvgIpc) is 3.70. The molecule has 216 valence electrons. The summed E-state index contributed by atoms with van der Waals surface area (Å²) in [6.45, 7) is 3.40. The summed E-state index contributed by atoms with van der Waals surface area (Å²) in [5.41, 5.74) is 4.23. The number of methoxy groups -OCH3 is 1. The second-order valence-corrected chi connectivity index (χ2v) is 10.6. The molecule has 0 N–H and O–H groups in total. The van der Waals surface area contributed by atoms with E-state index in [0.717, 1.165) is 29.8 Å². The van der Waals surface area contributed by atoms with Crippen molar-refractivity contribution in [3.05, 3.63) is 82.9 Å². The van der Waals surface area contributed by atoms with Crippen LogP contribution in [0.2, 0.25) is 0 Å². The quantitative estimate of drug-likeness (QED) is 0.358. The van der Waals surface area contributed by atoms with E-state index in [2.05, 4.69) is 25.3 Å². The second kappa shape index (κ2) is 10.6. The van der Waals surface area contributed by atoms with Gasteiger partial charge in [-0.3, -0.25) is 9.69 Å². The fraction of sp³-hybridized carbons (Fsp3) is 0.333. The van der Waals surface area contributed by atoms with E-state index in [-0.39, 0.29) is 24.6 Å². The Morgan fingerprint density at radius 2 is 1.81 bits per heavy atom. The molecular formula is C30H30FN7O4. The van der Waals surface area contributed by atoms with E-state index < -0.39 is 0 Å². The monoisotopic (exact) mass is 571 g/mol. The number of aromatic nitrogens is 4. The first-order valence-electron chi connectivity index (χ1n) is 13.9. The molecule has 4 heterocycles. The van der Waals surface area contributed by atoms with E-state index in [0.29, 0.717) is 60.5 Å². The highest BCUT2D eigenvalue weighted by atomic mass is 19.1. The van der Waals surface area contributed by atoms with Gasteiger partial charge in [0.2, 0.25) is 12.5 Å². The number of hydrogen-bond donors (Lipinski definition) is 0. The molecule has 0 radical (unpaired) electrons. The van der Waals surface area contributed by atoms with Gasteiger partial charge in [0.15, 0.2) is 17.3 Å². The molecule has 42 heavy (non-hydrogen) atoms. The van der Waals surface area contributed by atoms with Crippen molar-refractivity contribution in [2.24, 2.45) is 0 Å². The fourth-order valence-electron chi connectivity index (χ4n) is 6.08. The van der Waals surface area contributed by atoms with Crippen LogP contribution in [0.25, 0.3) is 5.69 Å². The molecular weight excluding hydrogens is 541 g/mol. The van der Waals surface area contributed by atoms with Gasteiger partial charge >= 0.3 is 0 Å². The minimum atomic E-state index is -0.313. The van der Waals surface area contributed by atoms with E-state index in [1.165, 1.54) is 12.1 Å². The molecule has 4 aromatic rings. The van der Waals surface area contributed by atoms with Crippen LogP contribution in [0, 0.1) is 5.82 Å². The Balaban J connectivity index is 1.16. The van der Waals surface area contributed by atoms with Gasteiger partial charge in [0, 0.05) is 49.5 Å². The molecule has 0 aliphatic carbocycles. The lowest BCUT2D eigenvalue weighted by atomic mass is 9.90. The van der Waals surface area contributed by atoms with E-state index in [1.54, 1.807) is 23.9 Å². The number of rotatable bonds is 5. The third kappa shape index (κ3) is 4.48. The molecule has 12 heteroatoms. The molecule has 0 spiro atoms. The van der Waals surface area contributed by atoms with Crippen molar-refractivity contribution in [1.29, 1.82) is 0 Å². The molecule has 1 aromatic heterocycles. The summed E-state index contributed by atoms with van der Waals surface area (Å²) in [6.07, 6.45) is 0.815. The zero-order valence-electron chi connectivity index (χ0n) is 23.4. The summed E-state index contributed by atoms with van der Waals surface area (Å²) in [5.74, 6) is 2.17. The molecule has 3 aromatic carbocycles. The normalized spacial score (nSPS) is 18.2. The number of amides is 1. The van der Waals surface area contributed by atoms with Gasteiger partial charge in [0.1, 0.15) is 11.9 Å². The number of halogens is 1. The van der Waals surface area contributed by atoms with E-state index in [1.807, 2.05) is 42.3 Å². The second-order valence-electron chi connectivity index (χ2n) is 10.6. The Labute approximate surface area is 242 Å². The molecule has 0 saturated carbocycles. The van der Waals surface area contributed by atoms with Crippen molar-refractivity contribution in [3.8, 4) is 22.9 Å². The first kappa shape index (κ1) is 26.2. The van der Waals surface area contributed by atoms with Crippen molar-refractivity contribution in [2.45, 2.75) is 12.5 Å². The number of carbonyl (C=O) groups is 1. The Morgan fingerprint density at radius 1 is 1.00 bits per heavy atom. The summed E-state index contributed by atoms with van der Waals surface area (Å²) < 4.78 is 32.3. The lowest BCUT2D eigenvalue weighted by Gasteiger charge is -2.36. The van der Waals surface area contributed by atoms with Crippen molar-refractivity contribution >= 4 is 11.6 Å². The van der Waals surface area contributed by atoms with Crippen LogP contribution in [-0.2, 0) is 6.42 Å². The number of carbonyl (C=O) groups excluding carboxylic acids is 1. The summed E-state index contributed by atoms with van der Waals surface area (Å²) in [7, 11) is 3.66. The van der Waals surface area contributed by atoms with Crippen molar-refractivity contribution in [2.75, 3.05) is 58.6 Å². The molecule has 1 amide bonds. The van der Waals surface area contributed by atoms with Gasteiger partial charge in [0.25, 0.3) is 5.91 Å². The van der Waals surface area contributed by atoms with E-state index >= 15 is 0 Å². The summed E-state index contributed by atoms with van der Waals surface area (Å²) in [5, 5.41) is 12.8. The number of hydrogen-bond acceptors (Lipinski definition) is 9. The number of fused-ring (bicyclic) bond motifs is 2. The van der Waals surface area contributed by atoms with Gasteiger partial charge in [-0.2, -0.15) is 4.68 Å². The number of nitrogens with zero attached hydrogens (tertiary/aromatic N) is 7. The standard InChI is InChI=1S/C30H30FN7O4/c1-35-11-10-19-17-24-27(42-18-41-24)28(40-2)25(19)26(35)29-32-33-34-38(29)23-5-3-4-20(16-23)30(39)37-14-12-36(13-15-37)22-8-6-21(31)7-9-22/h3-9,16-17,26H,10-15,18H2,1-2H3/t26-/m0/s1. The van der Waals surface area contributed by atoms with Gasteiger partial charge in [0.05, 0.1) is 12.8 Å². The summed E-state index contributed by atoms with van der Waals surface area (Å²) in [4.78, 5) is 19.7. The zero-order chi connectivity index (χ0) is 28.8. The molecule has 3 aliphatic rings. The van der Waals surface area contributed by atoms with Gasteiger partial charge < -0.3 is 24.0 Å². The van der Waals surface area contributed by atoms with Crippen molar-refractivity contribution in [1.82, 2.24) is 30.0 Å². The smallest absolute Gasteiger partial charge is 0.254 e. The molecule has 0 bridgehead atoms. The van der Waals surface area contributed by atoms with Crippen LogP contribution in [0.4, 0.5) is 10.1 Å². The lowest BCUT2D eigenvalue weighted by molar-refractivity contribution is 0.0746. The largest absolute Gasteiger partial charge is 0.492 e. The summed E-state index contributed by atoms with van der Waals surface area (Å²) >= 11 is 0. The molecule has 1 atom stereocenters. The lowest BCUT2D eigenvalue weighted by Crippen LogP contribution is -2.48. The maximum absolute atomic E-state index is 13.5. The molecule has 1 fully saturated rings. The number of anilines is 1. The minimum Gasteiger partial charge on any atom is -0.492 e. The maximum atomic E-state index is 13.5.